The zero-order valence-corrected chi connectivity index (χ0v) is 13.0. The minimum atomic E-state index is -0.608. The largest absolute Gasteiger partial charge is 0.363 e. The Balaban J connectivity index is 2.25. The van der Waals surface area contributed by atoms with Crippen molar-refractivity contribution >= 4 is 29.4 Å². The Hall–Kier alpha value is -2.37. The van der Waals surface area contributed by atoms with Crippen LogP contribution in [0.4, 0.5) is 5.82 Å². The molecule has 0 bridgehead atoms. The molecule has 0 spiro atoms. The molecule has 0 saturated carbocycles. The van der Waals surface area contributed by atoms with Crippen LogP contribution < -0.4 is 10.4 Å². The molecule has 2 N–H and O–H groups in total. The molecule has 0 atom stereocenters. The molecule has 2 aromatic rings. The first-order valence-electron chi connectivity index (χ1n) is 6.56. The SMILES string of the molecule is CN(C)c1ccc(-c2ccc(/C=C/C(=O)NO)c(Cl)c2)cn1. The van der Waals surface area contributed by atoms with Crippen molar-refractivity contribution in [1.29, 1.82) is 0 Å². The third-order valence-electron chi connectivity index (χ3n) is 3.06. The molecule has 0 fully saturated rings. The van der Waals surface area contributed by atoms with Crippen molar-refractivity contribution in [1.82, 2.24) is 10.5 Å². The molecule has 0 saturated heterocycles. The fraction of sp³-hybridized carbons (Fsp3) is 0.125. The van der Waals surface area contributed by atoms with Gasteiger partial charge in [-0.2, -0.15) is 0 Å². The van der Waals surface area contributed by atoms with Gasteiger partial charge in [0.15, 0.2) is 0 Å². The molecule has 1 aromatic carbocycles. The van der Waals surface area contributed by atoms with E-state index in [0.29, 0.717) is 10.6 Å². The second kappa shape index (κ2) is 7.06. The Morgan fingerprint density at radius 2 is 2.00 bits per heavy atom. The first kappa shape index (κ1) is 16.0. The minimum absolute atomic E-state index is 0.510. The summed E-state index contributed by atoms with van der Waals surface area (Å²) in [5.74, 6) is 0.271. The maximum atomic E-state index is 11.0. The summed E-state index contributed by atoms with van der Waals surface area (Å²) in [6, 6.07) is 9.42. The van der Waals surface area contributed by atoms with Gasteiger partial charge in [0, 0.05) is 37.0 Å². The number of nitrogens with zero attached hydrogens (tertiary/aromatic N) is 2. The number of pyridine rings is 1. The fourth-order valence-electron chi connectivity index (χ4n) is 1.87. The van der Waals surface area contributed by atoms with Crippen molar-refractivity contribution in [3.8, 4) is 11.1 Å². The van der Waals surface area contributed by atoms with Gasteiger partial charge < -0.3 is 4.90 Å². The van der Waals surface area contributed by atoms with Crippen molar-refractivity contribution < 1.29 is 10.0 Å². The van der Waals surface area contributed by atoms with Gasteiger partial charge in [-0.15, -0.1) is 0 Å². The van der Waals surface area contributed by atoms with E-state index in [1.165, 1.54) is 17.6 Å². The van der Waals surface area contributed by atoms with Crippen molar-refractivity contribution in [2.75, 3.05) is 19.0 Å². The first-order chi connectivity index (χ1) is 10.5. The van der Waals surface area contributed by atoms with Crippen molar-refractivity contribution in [2.24, 2.45) is 0 Å². The van der Waals surface area contributed by atoms with Gasteiger partial charge in [-0.3, -0.25) is 10.0 Å². The number of carbonyl (C=O) groups excluding carboxylic acids is 1. The molecule has 5 nitrogen and oxygen atoms in total. The number of anilines is 1. The lowest BCUT2D eigenvalue weighted by Crippen LogP contribution is -2.14. The maximum absolute atomic E-state index is 11.0. The van der Waals surface area contributed by atoms with Gasteiger partial charge in [-0.05, 0) is 35.4 Å². The predicted molar refractivity (Wildman–Crippen MR) is 88.0 cm³/mol. The van der Waals surface area contributed by atoms with Gasteiger partial charge in [-0.1, -0.05) is 23.7 Å². The molecule has 6 heteroatoms. The standard InChI is InChI=1S/C16H16ClN3O2/c1-20(2)15-7-5-13(10-18-15)12-4-3-11(14(17)9-12)6-8-16(21)19-22/h3-10,22H,1-2H3,(H,19,21)/b8-6+. The Morgan fingerprint density at radius 1 is 1.27 bits per heavy atom. The second-order valence-corrected chi connectivity index (χ2v) is 5.25. The molecule has 1 amide bonds. The monoisotopic (exact) mass is 317 g/mol. The summed E-state index contributed by atoms with van der Waals surface area (Å²) in [5.41, 5.74) is 4.10. The Bertz CT molecular complexity index is 697. The number of benzene rings is 1. The van der Waals surface area contributed by atoms with Crippen molar-refractivity contribution in [3.63, 3.8) is 0 Å². The molecule has 1 heterocycles. The summed E-state index contributed by atoms with van der Waals surface area (Å²) in [6.45, 7) is 0. The summed E-state index contributed by atoms with van der Waals surface area (Å²) < 4.78 is 0. The zero-order valence-electron chi connectivity index (χ0n) is 12.2. The van der Waals surface area contributed by atoms with Crippen LogP contribution in [0.1, 0.15) is 5.56 Å². The molecule has 0 aliphatic heterocycles. The lowest BCUT2D eigenvalue weighted by Gasteiger charge is -2.11. The van der Waals surface area contributed by atoms with Gasteiger partial charge in [0.25, 0.3) is 5.91 Å². The van der Waals surface area contributed by atoms with E-state index in [4.69, 9.17) is 16.8 Å². The molecule has 0 unspecified atom stereocenters. The molecule has 114 valence electrons. The molecule has 22 heavy (non-hydrogen) atoms. The maximum Gasteiger partial charge on any atom is 0.267 e. The number of hydroxylamine groups is 1. The van der Waals surface area contributed by atoms with Crippen molar-refractivity contribution in [3.05, 3.63) is 53.2 Å². The zero-order chi connectivity index (χ0) is 16.1. The molecule has 0 radical (unpaired) electrons. The first-order valence-corrected chi connectivity index (χ1v) is 6.94. The highest BCUT2D eigenvalue weighted by Crippen LogP contribution is 2.26. The van der Waals surface area contributed by atoms with Crippen LogP contribution in [0.25, 0.3) is 17.2 Å². The van der Waals surface area contributed by atoms with Gasteiger partial charge in [0.1, 0.15) is 5.82 Å². The predicted octanol–water partition coefficient (Wildman–Crippen LogP) is 2.99. The summed E-state index contributed by atoms with van der Waals surface area (Å²) >= 11 is 6.21. The summed E-state index contributed by atoms with van der Waals surface area (Å²) in [7, 11) is 3.87. The fourth-order valence-corrected chi connectivity index (χ4v) is 2.11. The molecule has 2 rings (SSSR count). The van der Waals surface area contributed by atoms with E-state index in [1.807, 2.05) is 43.3 Å². The van der Waals surface area contributed by atoms with E-state index in [0.717, 1.165) is 16.9 Å². The number of hydrogen-bond donors (Lipinski definition) is 2. The highest BCUT2D eigenvalue weighted by atomic mass is 35.5. The van der Waals surface area contributed by atoms with Crippen LogP contribution in [0, 0.1) is 0 Å². The molecule has 0 aliphatic rings. The quantitative estimate of drug-likeness (QED) is 0.517. The number of rotatable bonds is 4. The lowest BCUT2D eigenvalue weighted by molar-refractivity contribution is -0.124. The topological polar surface area (TPSA) is 65.5 Å². The van der Waals surface area contributed by atoms with Crippen LogP contribution in [0.15, 0.2) is 42.6 Å². The molecular formula is C16H16ClN3O2. The summed E-state index contributed by atoms with van der Waals surface area (Å²) in [6.07, 6.45) is 4.52. The lowest BCUT2D eigenvalue weighted by atomic mass is 10.1. The molecule has 0 aliphatic carbocycles. The third kappa shape index (κ3) is 3.84. The normalized spacial score (nSPS) is 10.7. The average Bonchev–Trinajstić information content (AvgIpc) is 2.53. The van der Waals surface area contributed by atoms with Gasteiger partial charge in [0.05, 0.1) is 0 Å². The minimum Gasteiger partial charge on any atom is -0.363 e. The van der Waals surface area contributed by atoms with E-state index >= 15 is 0 Å². The van der Waals surface area contributed by atoms with Gasteiger partial charge >= 0.3 is 0 Å². The number of carbonyl (C=O) groups is 1. The molecular weight excluding hydrogens is 302 g/mol. The van der Waals surface area contributed by atoms with Gasteiger partial charge in [0.2, 0.25) is 0 Å². The number of amides is 1. The summed E-state index contributed by atoms with van der Waals surface area (Å²) in [4.78, 5) is 17.3. The van der Waals surface area contributed by atoms with E-state index in [1.54, 1.807) is 12.3 Å². The van der Waals surface area contributed by atoms with Crippen LogP contribution >= 0.6 is 11.6 Å². The summed E-state index contributed by atoms with van der Waals surface area (Å²) in [5, 5.41) is 8.95. The number of aromatic nitrogens is 1. The number of hydrogen-bond acceptors (Lipinski definition) is 4. The van der Waals surface area contributed by atoms with E-state index < -0.39 is 5.91 Å². The number of nitrogens with one attached hydrogen (secondary N) is 1. The van der Waals surface area contributed by atoms with Crippen LogP contribution in [0.5, 0.6) is 0 Å². The molecule has 1 aromatic heterocycles. The van der Waals surface area contributed by atoms with Crippen LogP contribution in [-0.4, -0.2) is 30.2 Å². The van der Waals surface area contributed by atoms with Crippen LogP contribution in [0.3, 0.4) is 0 Å². The van der Waals surface area contributed by atoms with E-state index in [-0.39, 0.29) is 0 Å². The van der Waals surface area contributed by atoms with Crippen LogP contribution in [-0.2, 0) is 4.79 Å². The van der Waals surface area contributed by atoms with Crippen LogP contribution in [0.2, 0.25) is 5.02 Å². The van der Waals surface area contributed by atoms with Gasteiger partial charge in [-0.25, -0.2) is 10.5 Å². The number of halogens is 1. The average molecular weight is 318 g/mol. The highest BCUT2D eigenvalue weighted by molar-refractivity contribution is 6.32. The van der Waals surface area contributed by atoms with E-state index in [9.17, 15) is 4.79 Å². The Kier molecular flexibility index (Phi) is 5.14. The second-order valence-electron chi connectivity index (χ2n) is 4.85. The highest BCUT2D eigenvalue weighted by Gasteiger charge is 2.04. The Morgan fingerprint density at radius 3 is 2.55 bits per heavy atom. The van der Waals surface area contributed by atoms with E-state index in [2.05, 4.69) is 4.98 Å². The third-order valence-corrected chi connectivity index (χ3v) is 3.39. The Labute approximate surface area is 133 Å². The smallest absolute Gasteiger partial charge is 0.267 e. The van der Waals surface area contributed by atoms with Crippen molar-refractivity contribution in [2.45, 2.75) is 0 Å².